The van der Waals surface area contributed by atoms with Crippen molar-refractivity contribution in [3.63, 3.8) is 0 Å². The molecule has 3 rings (SSSR count). The maximum absolute atomic E-state index is 5.76. The Kier molecular flexibility index (Phi) is 5.23. The molecule has 0 radical (unpaired) electrons. The minimum Gasteiger partial charge on any atom is -0.495 e. The Labute approximate surface area is 136 Å². The molecule has 1 aromatic carbocycles. The normalized spacial score (nSPS) is 22.5. The Balaban J connectivity index is 1.91. The van der Waals surface area contributed by atoms with E-state index in [2.05, 4.69) is 27.3 Å². The van der Waals surface area contributed by atoms with Crippen LogP contribution < -0.4 is 10.1 Å². The fourth-order valence-electron chi connectivity index (χ4n) is 3.85. The molecule has 1 aromatic rings. The zero-order valence-corrected chi connectivity index (χ0v) is 14.6. The molecule has 0 saturated carbocycles. The van der Waals surface area contributed by atoms with Gasteiger partial charge in [0.05, 0.1) is 11.6 Å². The Morgan fingerprint density at radius 2 is 2.10 bits per heavy atom. The number of halogens is 1. The molecule has 116 valence electrons. The molecule has 3 heteroatoms. The summed E-state index contributed by atoms with van der Waals surface area (Å²) in [4.78, 5) is 0. The maximum Gasteiger partial charge on any atom is 0.136 e. The third-order valence-electron chi connectivity index (χ3n) is 4.98. The third kappa shape index (κ3) is 3.45. The Morgan fingerprint density at radius 1 is 1.24 bits per heavy atom. The van der Waals surface area contributed by atoms with Crippen LogP contribution in [0.4, 0.5) is 0 Å². The average molecular weight is 352 g/mol. The molecular formula is C18H26BrNO. The average Bonchev–Trinajstić information content (AvgIpc) is 2.74. The van der Waals surface area contributed by atoms with Gasteiger partial charge in [0, 0.05) is 0 Å². The number of methoxy groups -OCH3 is 1. The fourth-order valence-corrected chi connectivity index (χ4v) is 4.72. The molecule has 2 aliphatic rings. The number of hydrogen-bond acceptors (Lipinski definition) is 2. The van der Waals surface area contributed by atoms with Gasteiger partial charge in [0.1, 0.15) is 5.75 Å². The van der Waals surface area contributed by atoms with Gasteiger partial charge < -0.3 is 10.1 Å². The van der Waals surface area contributed by atoms with Crippen LogP contribution in [0.25, 0.3) is 0 Å². The number of fused-ring (bicyclic) bond motifs is 1. The van der Waals surface area contributed by atoms with Crippen LogP contribution in [0.2, 0.25) is 0 Å². The molecule has 1 unspecified atom stereocenters. The molecule has 1 aliphatic carbocycles. The molecule has 21 heavy (non-hydrogen) atoms. The quantitative estimate of drug-likeness (QED) is 0.821. The van der Waals surface area contributed by atoms with Crippen molar-refractivity contribution in [2.45, 2.75) is 51.4 Å². The molecule has 2 nitrogen and oxygen atoms in total. The van der Waals surface area contributed by atoms with Crippen molar-refractivity contribution in [1.29, 1.82) is 0 Å². The highest BCUT2D eigenvalue weighted by Gasteiger charge is 2.21. The summed E-state index contributed by atoms with van der Waals surface area (Å²) in [7, 11) is 1.81. The van der Waals surface area contributed by atoms with Crippen LogP contribution in [0.3, 0.4) is 0 Å². The molecule has 1 N–H and O–H groups in total. The van der Waals surface area contributed by atoms with Gasteiger partial charge in [-0.3, -0.25) is 0 Å². The van der Waals surface area contributed by atoms with Gasteiger partial charge in [-0.05, 0) is 96.6 Å². The van der Waals surface area contributed by atoms with Crippen LogP contribution in [-0.2, 0) is 19.3 Å². The highest BCUT2D eigenvalue weighted by molar-refractivity contribution is 9.10. The van der Waals surface area contributed by atoms with E-state index in [1.54, 1.807) is 5.56 Å². The first-order valence-electron chi connectivity index (χ1n) is 8.37. The van der Waals surface area contributed by atoms with Crippen molar-refractivity contribution in [1.82, 2.24) is 5.32 Å². The molecule has 1 aliphatic heterocycles. The van der Waals surface area contributed by atoms with E-state index in [0.29, 0.717) is 0 Å². The van der Waals surface area contributed by atoms with Gasteiger partial charge in [-0.2, -0.15) is 0 Å². The van der Waals surface area contributed by atoms with Crippen LogP contribution >= 0.6 is 15.9 Å². The van der Waals surface area contributed by atoms with Gasteiger partial charge in [-0.15, -0.1) is 0 Å². The van der Waals surface area contributed by atoms with E-state index in [9.17, 15) is 0 Å². The molecule has 1 atom stereocenters. The molecule has 0 spiro atoms. The summed E-state index contributed by atoms with van der Waals surface area (Å²) in [5.41, 5.74) is 4.45. The minimum atomic E-state index is 0.753. The molecule has 1 saturated heterocycles. The summed E-state index contributed by atoms with van der Waals surface area (Å²) in [5, 5.41) is 3.53. The van der Waals surface area contributed by atoms with Gasteiger partial charge in [-0.25, -0.2) is 0 Å². The maximum atomic E-state index is 5.76. The van der Waals surface area contributed by atoms with Gasteiger partial charge in [0.25, 0.3) is 0 Å². The minimum absolute atomic E-state index is 0.753. The van der Waals surface area contributed by atoms with Gasteiger partial charge in [0.15, 0.2) is 0 Å². The van der Waals surface area contributed by atoms with E-state index in [1.165, 1.54) is 67.1 Å². The van der Waals surface area contributed by atoms with Crippen LogP contribution in [0.15, 0.2) is 10.5 Å². The SMILES string of the molecule is COc1c(CC2CCCNC2)cc2c(c1Br)CCCCC2. The second-order valence-corrected chi connectivity index (χ2v) is 7.29. The molecule has 1 heterocycles. The topological polar surface area (TPSA) is 21.3 Å². The summed E-state index contributed by atoms with van der Waals surface area (Å²) in [6, 6.07) is 2.44. The first-order chi connectivity index (χ1) is 10.3. The number of rotatable bonds is 3. The van der Waals surface area contributed by atoms with Crippen LogP contribution in [0.1, 0.15) is 48.8 Å². The monoisotopic (exact) mass is 351 g/mol. The van der Waals surface area contributed by atoms with Crippen molar-refractivity contribution in [3.05, 3.63) is 27.2 Å². The lowest BCUT2D eigenvalue weighted by atomic mass is 9.89. The van der Waals surface area contributed by atoms with E-state index in [0.717, 1.165) is 24.6 Å². The molecular weight excluding hydrogens is 326 g/mol. The second kappa shape index (κ2) is 7.15. The Hall–Kier alpha value is -0.540. The fraction of sp³-hybridized carbons (Fsp3) is 0.667. The summed E-state index contributed by atoms with van der Waals surface area (Å²) in [6.07, 6.45) is 10.2. The van der Waals surface area contributed by atoms with E-state index < -0.39 is 0 Å². The number of hydrogen-bond donors (Lipinski definition) is 1. The first-order valence-corrected chi connectivity index (χ1v) is 9.16. The van der Waals surface area contributed by atoms with Crippen molar-refractivity contribution in [2.75, 3.05) is 20.2 Å². The lowest BCUT2D eigenvalue weighted by molar-refractivity contribution is 0.363. The highest BCUT2D eigenvalue weighted by Crippen LogP contribution is 2.39. The lowest BCUT2D eigenvalue weighted by Crippen LogP contribution is -2.31. The van der Waals surface area contributed by atoms with Gasteiger partial charge in [-0.1, -0.05) is 12.5 Å². The predicted molar refractivity (Wildman–Crippen MR) is 91.3 cm³/mol. The zero-order valence-electron chi connectivity index (χ0n) is 13.0. The van der Waals surface area contributed by atoms with E-state index in [-0.39, 0.29) is 0 Å². The molecule has 0 bridgehead atoms. The number of piperidine rings is 1. The predicted octanol–water partition coefficient (Wildman–Crippen LogP) is 4.27. The first kappa shape index (κ1) is 15.4. The lowest BCUT2D eigenvalue weighted by Gasteiger charge is -2.25. The van der Waals surface area contributed by atoms with Crippen LogP contribution in [0.5, 0.6) is 5.75 Å². The summed E-state index contributed by atoms with van der Waals surface area (Å²) in [5.74, 6) is 1.84. The summed E-state index contributed by atoms with van der Waals surface area (Å²) >= 11 is 3.84. The Bertz CT molecular complexity index is 494. The zero-order chi connectivity index (χ0) is 14.7. The van der Waals surface area contributed by atoms with Gasteiger partial charge in [0.2, 0.25) is 0 Å². The summed E-state index contributed by atoms with van der Waals surface area (Å²) in [6.45, 7) is 2.33. The van der Waals surface area contributed by atoms with Crippen molar-refractivity contribution in [2.24, 2.45) is 5.92 Å². The van der Waals surface area contributed by atoms with Crippen molar-refractivity contribution in [3.8, 4) is 5.75 Å². The smallest absolute Gasteiger partial charge is 0.136 e. The number of ether oxygens (including phenoxy) is 1. The van der Waals surface area contributed by atoms with E-state index >= 15 is 0 Å². The summed E-state index contributed by atoms with van der Waals surface area (Å²) < 4.78 is 6.98. The number of nitrogens with one attached hydrogen (secondary N) is 1. The number of aryl methyl sites for hydroxylation is 1. The third-order valence-corrected chi connectivity index (χ3v) is 5.82. The second-order valence-electron chi connectivity index (χ2n) is 6.50. The standard InChI is InChI=1S/C18H26BrNO/c1-21-18-15(10-13-6-5-9-20-12-13)11-14-7-3-2-4-8-16(14)17(18)19/h11,13,20H,2-10,12H2,1H3. The van der Waals surface area contributed by atoms with Crippen LogP contribution in [0, 0.1) is 5.92 Å². The Morgan fingerprint density at radius 3 is 2.86 bits per heavy atom. The molecule has 0 amide bonds. The number of benzene rings is 1. The van der Waals surface area contributed by atoms with Gasteiger partial charge >= 0.3 is 0 Å². The van der Waals surface area contributed by atoms with Crippen molar-refractivity contribution >= 4 is 15.9 Å². The molecule has 0 aromatic heterocycles. The largest absolute Gasteiger partial charge is 0.495 e. The van der Waals surface area contributed by atoms with Crippen molar-refractivity contribution < 1.29 is 4.74 Å². The molecule has 1 fully saturated rings. The highest BCUT2D eigenvalue weighted by atomic mass is 79.9. The van der Waals surface area contributed by atoms with Crippen LogP contribution in [-0.4, -0.2) is 20.2 Å². The van der Waals surface area contributed by atoms with E-state index in [4.69, 9.17) is 4.74 Å². The van der Waals surface area contributed by atoms with E-state index in [1.807, 2.05) is 7.11 Å².